The zero-order valence-corrected chi connectivity index (χ0v) is 14.1. The Morgan fingerprint density at radius 3 is 1.77 bits per heavy atom. The second-order valence-corrected chi connectivity index (χ2v) is 6.52. The van der Waals surface area contributed by atoms with E-state index in [2.05, 4.69) is 0 Å². The van der Waals surface area contributed by atoms with Crippen LogP contribution in [0.25, 0.3) is 0 Å². The van der Waals surface area contributed by atoms with Gasteiger partial charge in [-0.25, -0.2) is 0 Å². The van der Waals surface area contributed by atoms with Gasteiger partial charge in [-0.2, -0.15) is 21.6 Å². The number of aliphatic hydroxyl groups is 2. The highest BCUT2D eigenvalue weighted by molar-refractivity contribution is 7.86. The Balaban J connectivity index is 0.000000359. The Morgan fingerprint density at radius 2 is 1.35 bits per heavy atom. The van der Waals surface area contributed by atoms with Crippen LogP contribution in [-0.2, 0) is 15.9 Å². The zero-order chi connectivity index (χ0) is 20.2. The lowest BCUT2D eigenvalue weighted by Crippen LogP contribution is -2.35. The molecule has 0 bridgehead atoms. The van der Waals surface area contributed by atoms with E-state index < -0.39 is 27.2 Å². The first-order valence-corrected chi connectivity index (χ1v) is 8.37. The predicted octanol–water partition coefficient (Wildman–Crippen LogP) is 2.41. The van der Waals surface area contributed by atoms with E-state index in [9.17, 15) is 28.2 Å². The first kappa shape index (κ1) is 21.8. The summed E-state index contributed by atoms with van der Waals surface area (Å²) in [5.41, 5.74) is -4.34. The molecule has 0 aromatic heterocycles. The molecule has 2 aromatic carbocycles. The van der Waals surface area contributed by atoms with Crippen molar-refractivity contribution in [2.75, 3.05) is 0 Å². The van der Waals surface area contributed by atoms with Gasteiger partial charge in [0.15, 0.2) is 0 Å². The predicted molar refractivity (Wildman–Crippen MR) is 85.7 cm³/mol. The summed E-state index contributed by atoms with van der Waals surface area (Å²) in [6, 6.07) is 14.9. The number of carbonyl (C=O) groups excluding carboxylic acids is 1. The van der Waals surface area contributed by atoms with Crippen LogP contribution in [0.1, 0.15) is 21.5 Å². The average molecular weight is 392 g/mol. The third-order valence-electron chi connectivity index (χ3n) is 3.18. The summed E-state index contributed by atoms with van der Waals surface area (Å²) in [5, 5.41) is 20.1. The second-order valence-electron chi connectivity index (χ2n) is 5.10. The van der Waals surface area contributed by atoms with Crippen molar-refractivity contribution in [2.24, 2.45) is 0 Å². The van der Waals surface area contributed by atoms with Crippen molar-refractivity contribution in [3.63, 3.8) is 0 Å². The maximum atomic E-state index is 12.2. The summed E-state index contributed by atoms with van der Waals surface area (Å²) >= 11 is 0. The molecule has 0 saturated carbocycles. The molecule has 6 nitrogen and oxygen atoms in total. The summed E-state index contributed by atoms with van der Waals surface area (Å²) in [5.74, 6) is -3.21. The van der Waals surface area contributed by atoms with E-state index in [4.69, 9.17) is 13.0 Å². The molecule has 0 spiro atoms. The standard InChI is InChI=1S/C15H14O3.CHF3O3S/c1-11-7-5-6-10-13(11)14(16)15(17,18)12-8-3-2-4-9-12;2-1(3,4)8(5,6)7/h2-10,17-18H,1H3;(H,5,6,7). The van der Waals surface area contributed by atoms with Gasteiger partial charge in [0.25, 0.3) is 5.79 Å². The molecule has 0 fully saturated rings. The van der Waals surface area contributed by atoms with E-state index in [0.29, 0.717) is 11.1 Å². The molecule has 0 heterocycles. The summed E-state index contributed by atoms with van der Waals surface area (Å²) < 4.78 is 57.5. The van der Waals surface area contributed by atoms with Gasteiger partial charge in [0.2, 0.25) is 5.78 Å². The summed E-state index contributed by atoms with van der Waals surface area (Å²) in [7, 11) is -5.84. The topological polar surface area (TPSA) is 112 Å². The van der Waals surface area contributed by atoms with Crippen molar-refractivity contribution < 1.29 is 41.1 Å². The third-order valence-corrected chi connectivity index (χ3v) is 3.76. The van der Waals surface area contributed by atoms with Crippen molar-refractivity contribution >= 4 is 15.9 Å². The van der Waals surface area contributed by atoms with Crippen molar-refractivity contribution in [1.29, 1.82) is 0 Å². The molecular weight excluding hydrogens is 377 g/mol. The van der Waals surface area contributed by atoms with Crippen molar-refractivity contribution in [2.45, 2.75) is 18.2 Å². The number of hydrogen-bond acceptors (Lipinski definition) is 5. The van der Waals surface area contributed by atoms with E-state index in [-0.39, 0.29) is 5.56 Å². The van der Waals surface area contributed by atoms with E-state index in [0.717, 1.165) is 0 Å². The number of aryl methyl sites for hydroxylation is 1. The Hall–Kier alpha value is -2.27. The van der Waals surface area contributed by atoms with Crippen LogP contribution in [0.4, 0.5) is 13.2 Å². The van der Waals surface area contributed by atoms with Gasteiger partial charge in [-0.3, -0.25) is 9.35 Å². The fourth-order valence-electron chi connectivity index (χ4n) is 1.82. The van der Waals surface area contributed by atoms with Crippen LogP contribution in [0.5, 0.6) is 0 Å². The highest BCUT2D eigenvalue weighted by Crippen LogP contribution is 2.24. The molecule has 3 N–H and O–H groups in total. The van der Waals surface area contributed by atoms with Crippen molar-refractivity contribution in [1.82, 2.24) is 0 Å². The minimum atomic E-state index is -5.84. The van der Waals surface area contributed by atoms with Crippen LogP contribution < -0.4 is 0 Å². The third kappa shape index (κ3) is 5.36. The summed E-state index contributed by atoms with van der Waals surface area (Å²) in [4.78, 5) is 12.2. The second kappa shape index (κ2) is 7.96. The van der Waals surface area contributed by atoms with Gasteiger partial charge in [-0.1, -0.05) is 54.6 Å². The molecule has 2 aromatic rings. The lowest BCUT2D eigenvalue weighted by Gasteiger charge is -2.21. The number of carbonyl (C=O) groups is 1. The van der Waals surface area contributed by atoms with Gasteiger partial charge in [0.1, 0.15) is 0 Å². The molecule has 10 heteroatoms. The minimum Gasteiger partial charge on any atom is -0.356 e. The number of halogens is 3. The number of rotatable bonds is 3. The van der Waals surface area contributed by atoms with Gasteiger partial charge in [-0.15, -0.1) is 0 Å². The van der Waals surface area contributed by atoms with Crippen molar-refractivity contribution in [3.05, 3.63) is 71.3 Å². The molecule has 0 aliphatic rings. The van der Waals surface area contributed by atoms with Gasteiger partial charge in [0, 0.05) is 11.1 Å². The molecule has 0 saturated heterocycles. The quantitative estimate of drug-likeness (QED) is 0.320. The first-order valence-electron chi connectivity index (χ1n) is 6.93. The molecule has 0 aliphatic carbocycles. The summed E-state index contributed by atoms with van der Waals surface area (Å²) in [6.45, 7) is 1.76. The fourth-order valence-corrected chi connectivity index (χ4v) is 1.82. The molecular formula is C16H15F3O6S. The van der Waals surface area contributed by atoms with Crippen LogP contribution in [0.3, 0.4) is 0 Å². The Labute approximate surface area is 147 Å². The molecule has 0 amide bonds. The van der Waals surface area contributed by atoms with Crippen LogP contribution in [0, 0.1) is 6.92 Å². The fraction of sp³-hybridized carbons (Fsp3) is 0.188. The number of Topliss-reactive ketones (excluding diaryl/α,β-unsaturated/α-hetero) is 1. The normalized spacial score (nSPS) is 12.1. The first-order chi connectivity index (χ1) is 11.8. The molecule has 2 rings (SSSR count). The Bertz CT molecular complexity index is 861. The lowest BCUT2D eigenvalue weighted by atomic mass is 9.94. The van der Waals surface area contributed by atoms with Crippen LogP contribution in [-0.4, -0.2) is 34.5 Å². The number of ketones is 1. The van der Waals surface area contributed by atoms with Gasteiger partial charge >= 0.3 is 15.6 Å². The van der Waals surface area contributed by atoms with Gasteiger partial charge < -0.3 is 10.2 Å². The van der Waals surface area contributed by atoms with Crippen molar-refractivity contribution in [3.8, 4) is 0 Å². The molecule has 0 aliphatic heterocycles. The maximum absolute atomic E-state index is 12.2. The number of benzene rings is 2. The molecule has 0 radical (unpaired) electrons. The van der Waals surface area contributed by atoms with Gasteiger partial charge in [0.05, 0.1) is 0 Å². The molecule has 26 heavy (non-hydrogen) atoms. The Morgan fingerprint density at radius 1 is 0.923 bits per heavy atom. The summed E-state index contributed by atoms with van der Waals surface area (Å²) in [6.07, 6.45) is 0. The largest absolute Gasteiger partial charge is 0.522 e. The Kier molecular flexibility index (Phi) is 6.66. The maximum Gasteiger partial charge on any atom is 0.522 e. The minimum absolute atomic E-state index is 0.165. The lowest BCUT2D eigenvalue weighted by molar-refractivity contribution is -0.128. The highest BCUT2D eigenvalue weighted by atomic mass is 32.2. The van der Waals surface area contributed by atoms with Crippen LogP contribution >= 0.6 is 0 Å². The SMILES string of the molecule is Cc1ccccc1C(=O)C(O)(O)c1ccccc1.O=S(=O)(O)C(F)(F)F. The monoisotopic (exact) mass is 392 g/mol. The van der Waals surface area contributed by atoms with E-state index >= 15 is 0 Å². The zero-order valence-electron chi connectivity index (χ0n) is 13.3. The van der Waals surface area contributed by atoms with Crippen LogP contribution in [0.15, 0.2) is 54.6 Å². The number of hydrogen-bond donors (Lipinski definition) is 3. The molecule has 0 atom stereocenters. The van der Waals surface area contributed by atoms with Gasteiger partial charge in [-0.05, 0) is 12.5 Å². The smallest absolute Gasteiger partial charge is 0.356 e. The average Bonchev–Trinajstić information content (AvgIpc) is 2.54. The van der Waals surface area contributed by atoms with Crippen LogP contribution in [0.2, 0.25) is 0 Å². The number of alkyl halides is 3. The van der Waals surface area contributed by atoms with E-state index in [1.54, 1.807) is 49.4 Å². The highest BCUT2D eigenvalue weighted by Gasteiger charge is 2.44. The molecule has 0 unspecified atom stereocenters. The molecule has 142 valence electrons. The van der Waals surface area contributed by atoms with E-state index in [1.165, 1.54) is 12.1 Å². The van der Waals surface area contributed by atoms with E-state index in [1.807, 2.05) is 0 Å².